The Morgan fingerprint density at radius 3 is 2.70 bits per heavy atom. The van der Waals surface area contributed by atoms with Crippen molar-refractivity contribution in [3.8, 4) is 0 Å². The van der Waals surface area contributed by atoms with Gasteiger partial charge in [0.15, 0.2) is 0 Å². The standard InChI is InChI=1S/C15H18BrCl2NO/c1-10-4-6-15(9-17,7-5-10)19-14(20)12-8-11(18)2-3-13(12)16/h2-3,8,10H,4-7,9H2,1H3,(H,19,20). The van der Waals surface area contributed by atoms with Crippen molar-refractivity contribution < 1.29 is 4.79 Å². The fraction of sp³-hybridized carbons (Fsp3) is 0.533. The molecule has 5 heteroatoms. The van der Waals surface area contributed by atoms with Crippen molar-refractivity contribution in [3.63, 3.8) is 0 Å². The largest absolute Gasteiger partial charge is 0.345 e. The van der Waals surface area contributed by atoms with Crippen LogP contribution in [0.25, 0.3) is 0 Å². The SMILES string of the molecule is CC1CCC(CCl)(NC(=O)c2cc(Cl)ccc2Br)CC1. The van der Waals surface area contributed by atoms with Crippen LogP contribution in [0.4, 0.5) is 0 Å². The van der Waals surface area contributed by atoms with Crippen molar-refractivity contribution in [1.82, 2.24) is 5.32 Å². The second kappa shape index (κ2) is 6.67. The maximum Gasteiger partial charge on any atom is 0.252 e. The molecule has 1 amide bonds. The summed E-state index contributed by atoms with van der Waals surface area (Å²) in [5.74, 6) is 1.04. The molecule has 0 aromatic heterocycles. The fourth-order valence-corrected chi connectivity index (χ4v) is 3.52. The lowest BCUT2D eigenvalue weighted by molar-refractivity contribution is 0.0871. The minimum Gasteiger partial charge on any atom is -0.345 e. The van der Waals surface area contributed by atoms with Crippen LogP contribution in [0.5, 0.6) is 0 Å². The Kier molecular flexibility index (Phi) is 5.38. The van der Waals surface area contributed by atoms with Gasteiger partial charge in [0.2, 0.25) is 0 Å². The zero-order chi connectivity index (χ0) is 14.8. The van der Waals surface area contributed by atoms with Gasteiger partial charge >= 0.3 is 0 Å². The molecule has 0 aliphatic heterocycles. The first kappa shape index (κ1) is 16.1. The lowest BCUT2D eigenvalue weighted by atomic mass is 9.78. The highest BCUT2D eigenvalue weighted by atomic mass is 79.9. The smallest absolute Gasteiger partial charge is 0.252 e. The third-order valence-electron chi connectivity index (χ3n) is 4.04. The highest BCUT2D eigenvalue weighted by Crippen LogP contribution is 2.33. The zero-order valence-electron chi connectivity index (χ0n) is 11.4. The van der Waals surface area contributed by atoms with Gasteiger partial charge < -0.3 is 5.32 Å². The van der Waals surface area contributed by atoms with Gasteiger partial charge in [0.05, 0.1) is 11.1 Å². The zero-order valence-corrected chi connectivity index (χ0v) is 14.5. The molecule has 0 bridgehead atoms. The highest BCUT2D eigenvalue weighted by Gasteiger charge is 2.35. The molecule has 0 radical (unpaired) electrons. The van der Waals surface area contributed by atoms with Gasteiger partial charge in [0.25, 0.3) is 5.91 Å². The van der Waals surface area contributed by atoms with E-state index in [0.29, 0.717) is 22.4 Å². The molecule has 0 saturated heterocycles. The van der Waals surface area contributed by atoms with Crippen LogP contribution in [0.3, 0.4) is 0 Å². The molecular weight excluding hydrogens is 361 g/mol. The average molecular weight is 379 g/mol. The van der Waals surface area contributed by atoms with Crippen molar-refractivity contribution in [1.29, 1.82) is 0 Å². The average Bonchev–Trinajstić information content (AvgIpc) is 2.44. The molecule has 1 aromatic carbocycles. The predicted molar refractivity (Wildman–Crippen MR) is 87.7 cm³/mol. The second-order valence-electron chi connectivity index (χ2n) is 5.67. The first-order valence-corrected chi connectivity index (χ1v) is 8.50. The molecule has 1 aromatic rings. The Balaban J connectivity index is 2.15. The Hall–Kier alpha value is -0.250. The van der Waals surface area contributed by atoms with Crippen LogP contribution < -0.4 is 5.32 Å². The van der Waals surface area contributed by atoms with Crippen molar-refractivity contribution in [2.45, 2.75) is 38.1 Å². The molecule has 1 saturated carbocycles. The van der Waals surface area contributed by atoms with E-state index in [0.717, 1.165) is 30.2 Å². The van der Waals surface area contributed by atoms with Gasteiger partial charge in [-0.15, -0.1) is 11.6 Å². The summed E-state index contributed by atoms with van der Waals surface area (Å²) in [6.07, 6.45) is 4.07. The maximum absolute atomic E-state index is 12.5. The van der Waals surface area contributed by atoms with Crippen LogP contribution in [0, 0.1) is 5.92 Å². The number of rotatable bonds is 3. The van der Waals surface area contributed by atoms with E-state index in [2.05, 4.69) is 28.2 Å². The Morgan fingerprint density at radius 1 is 1.45 bits per heavy atom. The Morgan fingerprint density at radius 2 is 2.10 bits per heavy atom. The van der Waals surface area contributed by atoms with E-state index in [1.54, 1.807) is 18.2 Å². The van der Waals surface area contributed by atoms with Crippen LogP contribution in [-0.2, 0) is 0 Å². The van der Waals surface area contributed by atoms with E-state index >= 15 is 0 Å². The third kappa shape index (κ3) is 3.69. The number of alkyl halides is 1. The summed E-state index contributed by atoms with van der Waals surface area (Å²) >= 11 is 15.5. The van der Waals surface area contributed by atoms with Crippen LogP contribution in [0.1, 0.15) is 43.0 Å². The van der Waals surface area contributed by atoms with Gasteiger partial charge in [-0.25, -0.2) is 0 Å². The number of halogens is 3. The molecule has 20 heavy (non-hydrogen) atoms. The summed E-state index contributed by atoms with van der Waals surface area (Å²) in [5.41, 5.74) is 0.271. The number of nitrogens with one attached hydrogen (secondary N) is 1. The van der Waals surface area contributed by atoms with Crippen molar-refractivity contribution in [3.05, 3.63) is 33.3 Å². The first-order chi connectivity index (χ1) is 9.46. The molecule has 0 heterocycles. The minimum absolute atomic E-state index is 0.116. The quantitative estimate of drug-likeness (QED) is 0.735. The molecule has 1 aliphatic rings. The van der Waals surface area contributed by atoms with Crippen LogP contribution >= 0.6 is 39.1 Å². The second-order valence-corrected chi connectivity index (χ2v) is 7.23. The van der Waals surface area contributed by atoms with E-state index in [4.69, 9.17) is 23.2 Å². The number of amides is 1. The predicted octanol–water partition coefficient (Wildman–Crippen LogP) is 5.02. The number of carbonyl (C=O) groups excluding carboxylic acids is 1. The van der Waals surface area contributed by atoms with Gasteiger partial charge in [0, 0.05) is 15.4 Å². The van der Waals surface area contributed by atoms with Crippen molar-refractivity contribution >= 4 is 45.0 Å². The topological polar surface area (TPSA) is 29.1 Å². The number of hydrogen-bond donors (Lipinski definition) is 1. The summed E-state index contributed by atoms with van der Waals surface area (Å²) in [4.78, 5) is 12.5. The first-order valence-electron chi connectivity index (χ1n) is 6.79. The maximum atomic E-state index is 12.5. The van der Waals surface area contributed by atoms with Gasteiger partial charge in [-0.3, -0.25) is 4.79 Å². The monoisotopic (exact) mass is 377 g/mol. The van der Waals surface area contributed by atoms with E-state index in [-0.39, 0.29) is 11.4 Å². The third-order valence-corrected chi connectivity index (χ3v) is 5.48. The molecule has 2 nitrogen and oxygen atoms in total. The van der Waals surface area contributed by atoms with Crippen molar-refractivity contribution in [2.24, 2.45) is 5.92 Å². The summed E-state index contributed by atoms with van der Waals surface area (Å²) in [6.45, 7) is 2.24. The van der Waals surface area contributed by atoms with Crippen LogP contribution in [0.2, 0.25) is 5.02 Å². The lowest BCUT2D eigenvalue weighted by Gasteiger charge is -2.38. The molecule has 0 spiro atoms. The van der Waals surface area contributed by atoms with Gasteiger partial charge in [-0.05, 0) is 65.7 Å². The summed E-state index contributed by atoms with van der Waals surface area (Å²) < 4.78 is 0.744. The highest BCUT2D eigenvalue weighted by molar-refractivity contribution is 9.10. The minimum atomic E-state index is -0.285. The summed E-state index contributed by atoms with van der Waals surface area (Å²) in [6, 6.07) is 5.21. The molecule has 1 N–H and O–H groups in total. The number of hydrogen-bond acceptors (Lipinski definition) is 1. The normalized spacial score (nSPS) is 26.3. The van der Waals surface area contributed by atoms with E-state index in [9.17, 15) is 4.79 Å². The van der Waals surface area contributed by atoms with E-state index in [1.165, 1.54) is 0 Å². The molecular formula is C15H18BrCl2NO. The molecule has 0 unspecified atom stereocenters. The van der Waals surface area contributed by atoms with Gasteiger partial charge in [-0.2, -0.15) is 0 Å². The molecule has 2 rings (SSSR count). The number of benzene rings is 1. The van der Waals surface area contributed by atoms with Crippen molar-refractivity contribution in [2.75, 3.05) is 5.88 Å². The lowest BCUT2D eigenvalue weighted by Crippen LogP contribution is -2.52. The molecule has 110 valence electrons. The Labute approximate surface area is 138 Å². The number of carbonyl (C=O) groups is 1. The van der Waals surface area contributed by atoms with Crippen LogP contribution in [0.15, 0.2) is 22.7 Å². The van der Waals surface area contributed by atoms with Crippen LogP contribution in [-0.4, -0.2) is 17.3 Å². The summed E-state index contributed by atoms with van der Waals surface area (Å²) in [7, 11) is 0. The molecule has 0 atom stereocenters. The van der Waals surface area contributed by atoms with E-state index in [1.807, 2.05) is 0 Å². The van der Waals surface area contributed by atoms with Gasteiger partial charge in [0.1, 0.15) is 0 Å². The fourth-order valence-electron chi connectivity index (χ4n) is 2.59. The van der Waals surface area contributed by atoms with Gasteiger partial charge in [-0.1, -0.05) is 18.5 Å². The summed E-state index contributed by atoms with van der Waals surface area (Å²) in [5, 5.41) is 3.68. The molecule has 1 fully saturated rings. The Bertz CT molecular complexity index is 499. The molecule has 1 aliphatic carbocycles. The van der Waals surface area contributed by atoms with E-state index < -0.39 is 0 Å².